The number of piperazine rings is 1. The molecule has 0 spiro atoms. The van der Waals surface area contributed by atoms with Crippen LogP contribution in [0, 0.1) is 0 Å². The van der Waals surface area contributed by atoms with Crippen LogP contribution < -0.4 is 4.90 Å². The highest BCUT2D eigenvalue weighted by atomic mass is 35.5. The van der Waals surface area contributed by atoms with E-state index in [0.717, 1.165) is 12.1 Å². The second-order valence-electron chi connectivity index (χ2n) is 7.00. The van der Waals surface area contributed by atoms with Gasteiger partial charge in [0.05, 0.1) is 16.1 Å². The molecule has 1 aromatic heterocycles. The van der Waals surface area contributed by atoms with E-state index in [0.29, 0.717) is 32.3 Å². The summed E-state index contributed by atoms with van der Waals surface area (Å²) in [5, 5.41) is -0.621. The van der Waals surface area contributed by atoms with Gasteiger partial charge in [0.25, 0.3) is 6.43 Å². The Hall–Kier alpha value is -1.93. The van der Waals surface area contributed by atoms with Crippen molar-refractivity contribution in [2.45, 2.75) is 38.5 Å². The molecule has 0 N–H and O–H groups in total. The fraction of sp³-hybridized carbons (Fsp3) is 0.450. The van der Waals surface area contributed by atoms with Crippen molar-refractivity contribution in [2.24, 2.45) is 0 Å². The van der Waals surface area contributed by atoms with E-state index in [4.69, 9.17) is 11.6 Å². The van der Waals surface area contributed by atoms with Crippen molar-refractivity contribution >= 4 is 17.4 Å². The number of rotatable bonds is 5. The van der Waals surface area contributed by atoms with Crippen LogP contribution in [0.4, 0.5) is 27.8 Å². The van der Waals surface area contributed by atoms with Crippen LogP contribution in [0.2, 0.25) is 5.02 Å². The molecule has 1 aliphatic rings. The van der Waals surface area contributed by atoms with Crippen molar-refractivity contribution < 1.29 is 22.0 Å². The first-order chi connectivity index (χ1) is 13.7. The molecular formula is C20H21ClF5N3. The zero-order chi connectivity index (χ0) is 21.2. The maximum atomic E-state index is 13.4. The minimum absolute atomic E-state index is 0.0128. The third kappa shape index (κ3) is 4.80. The zero-order valence-electron chi connectivity index (χ0n) is 15.8. The first kappa shape index (κ1) is 21.8. The van der Waals surface area contributed by atoms with Gasteiger partial charge in [-0.1, -0.05) is 48.9 Å². The van der Waals surface area contributed by atoms with Crippen LogP contribution in [0.3, 0.4) is 0 Å². The van der Waals surface area contributed by atoms with Crippen LogP contribution in [0.1, 0.15) is 36.5 Å². The summed E-state index contributed by atoms with van der Waals surface area (Å²) in [6.45, 7) is 4.37. The fourth-order valence-corrected chi connectivity index (χ4v) is 4.00. The summed E-state index contributed by atoms with van der Waals surface area (Å²) in [4.78, 5) is 7.81. The third-order valence-electron chi connectivity index (χ3n) is 5.12. The van der Waals surface area contributed by atoms with Crippen LogP contribution in [0.5, 0.6) is 0 Å². The molecule has 1 aliphatic heterocycles. The predicted molar refractivity (Wildman–Crippen MR) is 102 cm³/mol. The van der Waals surface area contributed by atoms with E-state index in [2.05, 4.69) is 9.88 Å². The van der Waals surface area contributed by atoms with Crippen LogP contribution in [0.15, 0.2) is 36.5 Å². The summed E-state index contributed by atoms with van der Waals surface area (Å²) in [5.41, 5.74) is -1.54. The molecule has 2 heterocycles. The molecule has 3 nitrogen and oxygen atoms in total. The SMILES string of the molecule is CC[C@H]1CN(Cc2ccccc2)CCN1c1ncc(C(F)(F)F)c(C(F)F)c1Cl. The van der Waals surface area contributed by atoms with Gasteiger partial charge in [-0.25, -0.2) is 13.8 Å². The quantitative estimate of drug-likeness (QED) is 0.556. The lowest BCUT2D eigenvalue weighted by atomic mass is 10.1. The Balaban J connectivity index is 1.86. The van der Waals surface area contributed by atoms with Gasteiger partial charge in [0.15, 0.2) is 0 Å². The minimum Gasteiger partial charge on any atom is -0.350 e. The first-order valence-electron chi connectivity index (χ1n) is 9.29. The summed E-state index contributed by atoms with van der Waals surface area (Å²) >= 11 is 6.04. The number of pyridine rings is 1. The molecule has 0 amide bonds. The van der Waals surface area contributed by atoms with Gasteiger partial charge in [0, 0.05) is 38.4 Å². The molecule has 0 saturated carbocycles. The molecule has 0 bridgehead atoms. The maximum Gasteiger partial charge on any atom is 0.418 e. The Morgan fingerprint density at radius 1 is 1.17 bits per heavy atom. The maximum absolute atomic E-state index is 13.4. The number of aromatic nitrogens is 1. The van der Waals surface area contributed by atoms with Gasteiger partial charge in [0.2, 0.25) is 0 Å². The number of benzene rings is 1. The molecule has 158 valence electrons. The van der Waals surface area contributed by atoms with Crippen molar-refractivity contribution in [1.29, 1.82) is 0 Å². The van der Waals surface area contributed by atoms with E-state index in [1.165, 1.54) is 0 Å². The van der Waals surface area contributed by atoms with E-state index in [1.807, 2.05) is 37.3 Å². The van der Waals surface area contributed by atoms with Crippen molar-refractivity contribution in [3.8, 4) is 0 Å². The highest BCUT2D eigenvalue weighted by Crippen LogP contribution is 2.43. The van der Waals surface area contributed by atoms with Gasteiger partial charge >= 0.3 is 6.18 Å². The minimum atomic E-state index is -4.94. The van der Waals surface area contributed by atoms with E-state index in [1.54, 1.807) is 4.90 Å². The Labute approximate surface area is 171 Å². The molecule has 2 aromatic rings. The molecule has 1 aromatic carbocycles. The average molecular weight is 434 g/mol. The van der Waals surface area contributed by atoms with E-state index < -0.39 is 28.8 Å². The van der Waals surface area contributed by atoms with Gasteiger partial charge < -0.3 is 4.90 Å². The second-order valence-corrected chi connectivity index (χ2v) is 7.38. The largest absolute Gasteiger partial charge is 0.418 e. The molecular weight excluding hydrogens is 413 g/mol. The molecule has 0 unspecified atom stereocenters. The van der Waals surface area contributed by atoms with Crippen LogP contribution in [-0.2, 0) is 12.7 Å². The molecule has 3 rings (SSSR count). The van der Waals surface area contributed by atoms with E-state index in [-0.39, 0.29) is 11.9 Å². The zero-order valence-corrected chi connectivity index (χ0v) is 16.5. The normalized spacial score (nSPS) is 18.5. The number of nitrogens with zero attached hydrogens (tertiary/aromatic N) is 3. The van der Waals surface area contributed by atoms with E-state index in [9.17, 15) is 22.0 Å². The lowest BCUT2D eigenvalue weighted by molar-refractivity contribution is -0.139. The summed E-state index contributed by atoms with van der Waals surface area (Å²) in [6.07, 6.45) is -7.15. The Kier molecular flexibility index (Phi) is 6.63. The number of hydrogen-bond acceptors (Lipinski definition) is 3. The van der Waals surface area contributed by atoms with Crippen LogP contribution >= 0.6 is 11.6 Å². The molecule has 9 heteroatoms. The van der Waals surface area contributed by atoms with Gasteiger partial charge in [-0.2, -0.15) is 13.2 Å². The van der Waals surface area contributed by atoms with Gasteiger partial charge in [-0.3, -0.25) is 4.90 Å². The topological polar surface area (TPSA) is 19.4 Å². The van der Waals surface area contributed by atoms with Crippen molar-refractivity contribution in [1.82, 2.24) is 9.88 Å². The fourth-order valence-electron chi connectivity index (χ4n) is 3.66. The highest BCUT2D eigenvalue weighted by molar-refractivity contribution is 6.33. The number of alkyl halides is 5. The summed E-state index contributed by atoms with van der Waals surface area (Å²) < 4.78 is 66.2. The second kappa shape index (κ2) is 8.83. The van der Waals surface area contributed by atoms with Gasteiger partial charge in [0.1, 0.15) is 5.82 Å². The summed E-state index contributed by atoms with van der Waals surface area (Å²) in [7, 11) is 0. The number of halogens is 6. The average Bonchev–Trinajstić information content (AvgIpc) is 2.67. The smallest absolute Gasteiger partial charge is 0.350 e. The monoisotopic (exact) mass is 433 g/mol. The Morgan fingerprint density at radius 3 is 2.45 bits per heavy atom. The lowest BCUT2D eigenvalue weighted by Crippen LogP contribution is -2.53. The Bertz CT molecular complexity index is 829. The predicted octanol–water partition coefficient (Wildman–Crippen LogP) is 5.79. The lowest BCUT2D eigenvalue weighted by Gasteiger charge is -2.42. The number of hydrogen-bond donors (Lipinski definition) is 0. The molecule has 29 heavy (non-hydrogen) atoms. The molecule has 1 fully saturated rings. The molecule has 0 aliphatic carbocycles. The number of anilines is 1. The van der Waals surface area contributed by atoms with Crippen LogP contribution in [0.25, 0.3) is 0 Å². The molecule has 1 saturated heterocycles. The highest BCUT2D eigenvalue weighted by Gasteiger charge is 2.39. The van der Waals surface area contributed by atoms with Gasteiger partial charge in [-0.05, 0) is 12.0 Å². The third-order valence-corrected chi connectivity index (χ3v) is 5.49. The van der Waals surface area contributed by atoms with Crippen LogP contribution in [-0.4, -0.2) is 35.6 Å². The van der Waals surface area contributed by atoms with E-state index >= 15 is 0 Å². The first-order valence-corrected chi connectivity index (χ1v) is 9.66. The summed E-state index contributed by atoms with van der Waals surface area (Å²) in [6, 6.07) is 9.81. The summed E-state index contributed by atoms with van der Waals surface area (Å²) in [5.74, 6) is -0.0128. The van der Waals surface area contributed by atoms with Crippen molar-refractivity contribution in [3.05, 3.63) is 58.2 Å². The standard InChI is InChI=1S/C20H21ClF5N3/c1-2-14-12-28(11-13-6-4-3-5-7-13)8-9-29(14)19-17(21)16(18(22)23)15(10-27-19)20(24,25)26/h3-7,10,14,18H,2,8-9,11-12H2,1H3/t14-/m0/s1. The van der Waals surface area contributed by atoms with Gasteiger partial charge in [-0.15, -0.1) is 0 Å². The molecule has 1 atom stereocenters. The molecule has 0 radical (unpaired) electrons. The Morgan fingerprint density at radius 2 is 1.86 bits per heavy atom. The van der Waals surface area contributed by atoms with Crippen molar-refractivity contribution in [3.63, 3.8) is 0 Å². The van der Waals surface area contributed by atoms with Crippen molar-refractivity contribution in [2.75, 3.05) is 24.5 Å².